The van der Waals surface area contributed by atoms with Crippen LogP contribution in [0.3, 0.4) is 0 Å². The molecule has 0 radical (unpaired) electrons. The Labute approximate surface area is 288 Å². The molecule has 0 aliphatic carbocycles. The number of carbonyl (C=O) groups is 4. The minimum absolute atomic E-state index is 0.0554. The number of nitrogens with zero attached hydrogens (tertiary/aromatic N) is 3. The first-order chi connectivity index (χ1) is 23.8. The zero-order valence-electron chi connectivity index (χ0n) is 28.3. The maximum atomic E-state index is 14.5. The number of aliphatic hydroxyl groups excluding tert-OH is 1. The third-order valence-corrected chi connectivity index (χ3v) is 8.02. The lowest BCUT2D eigenvalue weighted by molar-refractivity contribution is -0.139. The minimum atomic E-state index is -3.37. The van der Waals surface area contributed by atoms with Crippen LogP contribution in [0.5, 0.6) is 11.5 Å². The van der Waals surface area contributed by atoms with Crippen molar-refractivity contribution in [2.45, 2.75) is 37.5 Å². The predicted molar refractivity (Wildman–Crippen MR) is 179 cm³/mol. The van der Waals surface area contributed by atoms with Gasteiger partial charge in [0.05, 0.1) is 69.8 Å². The standard InChI is InChI=1S/C34H42F2N6O8/c1-41(2)13-15-50-14-11-28(43)40-24-7-5-6-22-23(10-12-37-30(22)24)32(46)39-19-29(44)42-20-34(35,36)17-25(42)31(45)33(47)38-18-21-8-9-26(48-3)27(16-21)49-4/h5-10,12,16,25,31,45H,11,13-15,17-20H2,1-4H3,(H,38,47)(H,39,46)(H,40,43)/t25-,31?/m0/s1. The predicted octanol–water partition coefficient (Wildman–Crippen LogP) is 1.80. The van der Waals surface area contributed by atoms with E-state index in [0.29, 0.717) is 45.2 Å². The van der Waals surface area contributed by atoms with Crippen LogP contribution in [-0.4, -0.2) is 123 Å². The summed E-state index contributed by atoms with van der Waals surface area (Å²) in [7, 11) is 6.75. The first kappa shape index (κ1) is 37.9. The van der Waals surface area contributed by atoms with Crippen molar-refractivity contribution in [3.8, 4) is 11.5 Å². The Bertz CT molecular complexity index is 1690. The molecule has 14 nitrogen and oxygen atoms in total. The second-order valence-corrected chi connectivity index (χ2v) is 12.0. The highest BCUT2D eigenvalue weighted by atomic mass is 19.3. The number of aromatic nitrogens is 1. The van der Waals surface area contributed by atoms with Crippen LogP contribution in [0, 0.1) is 0 Å². The van der Waals surface area contributed by atoms with Gasteiger partial charge in [0.1, 0.15) is 0 Å². The monoisotopic (exact) mass is 700 g/mol. The van der Waals surface area contributed by atoms with E-state index in [1.165, 1.54) is 26.5 Å². The molecule has 2 aromatic carbocycles. The van der Waals surface area contributed by atoms with E-state index in [9.17, 15) is 33.1 Å². The molecule has 0 bridgehead atoms. The van der Waals surface area contributed by atoms with Gasteiger partial charge in [0.15, 0.2) is 17.6 Å². The first-order valence-electron chi connectivity index (χ1n) is 15.9. The van der Waals surface area contributed by atoms with Crippen molar-refractivity contribution >= 4 is 40.2 Å². The van der Waals surface area contributed by atoms with Crippen molar-refractivity contribution in [1.29, 1.82) is 0 Å². The third-order valence-electron chi connectivity index (χ3n) is 8.02. The number of fused-ring (bicyclic) bond motifs is 1. The molecule has 3 aromatic rings. The molecule has 1 aliphatic heterocycles. The fraction of sp³-hybridized carbons (Fsp3) is 0.441. The van der Waals surface area contributed by atoms with Crippen molar-refractivity contribution in [3.63, 3.8) is 0 Å². The number of rotatable bonds is 16. The fourth-order valence-electron chi connectivity index (χ4n) is 5.42. The first-order valence-corrected chi connectivity index (χ1v) is 15.9. The van der Waals surface area contributed by atoms with E-state index in [2.05, 4.69) is 20.9 Å². The topological polar surface area (TPSA) is 172 Å². The van der Waals surface area contributed by atoms with Gasteiger partial charge < -0.3 is 45.1 Å². The summed E-state index contributed by atoms with van der Waals surface area (Å²) in [5.41, 5.74) is 1.42. The maximum absolute atomic E-state index is 14.5. The molecule has 1 unspecified atom stereocenters. The van der Waals surface area contributed by atoms with Crippen LogP contribution in [0.2, 0.25) is 0 Å². The van der Waals surface area contributed by atoms with E-state index in [0.717, 1.165) is 6.54 Å². The summed E-state index contributed by atoms with van der Waals surface area (Å²) in [5, 5.41) is 18.9. The molecule has 1 fully saturated rings. The Morgan fingerprint density at radius 2 is 1.82 bits per heavy atom. The smallest absolute Gasteiger partial charge is 0.267 e. The number of halogens is 2. The second-order valence-electron chi connectivity index (χ2n) is 12.0. The Kier molecular flexibility index (Phi) is 13.0. The van der Waals surface area contributed by atoms with Gasteiger partial charge in [-0.3, -0.25) is 24.2 Å². The van der Waals surface area contributed by atoms with Gasteiger partial charge in [0.25, 0.3) is 17.7 Å². The van der Waals surface area contributed by atoms with Gasteiger partial charge in [-0.05, 0) is 43.9 Å². The summed E-state index contributed by atoms with van der Waals surface area (Å²) in [6.07, 6.45) is -1.43. The Morgan fingerprint density at radius 3 is 2.54 bits per heavy atom. The number of likely N-dealkylation sites (tertiary alicyclic amines) is 1. The van der Waals surface area contributed by atoms with Crippen molar-refractivity contribution in [1.82, 2.24) is 25.4 Å². The largest absolute Gasteiger partial charge is 0.493 e. The van der Waals surface area contributed by atoms with E-state index in [1.807, 2.05) is 19.0 Å². The highest BCUT2D eigenvalue weighted by molar-refractivity contribution is 6.10. The molecule has 4 N–H and O–H groups in total. The number of hydrogen-bond acceptors (Lipinski definition) is 10. The van der Waals surface area contributed by atoms with Gasteiger partial charge in [0, 0.05) is 31.1 Å². The number of anilines is 1. The molecule has 1 saturated heterocycles. The lowest BCUT2D eigenvalue weighted by atomic mass is 10.1. The van der Waals surface area contributed by atoms with Crippen LogP contribution < -0.4 is 25.4 Å². The number of benzene rings is 2. The number of alkyl halides is 2. The van der Waals surface area contributed by atoms with Gasteiger partial charge in [0.2, 0.25) is 11.8 Å². The van der Waals surface area contributed by atoms with Gasteiger partial charge >= 0.3 is 0 Å². The Hall–Kier alpha value is -4.93. The molecular formula is C34H42F2N6O8. The molecule has 16 heteroatoms. The van der Waals surface area contributed by atoms with E-state index in [4.69, 9.17) is 14.2 Å². The molecule has 2 heterocycles. The van der Waals surface area contributed by atoms with Gasteiger partial charge in [-0.25, -0.2) is 8.78 Å². The lowest BCUT2D eigenvalue weighted by Crippen LogP contribution is -2.51. The van der Waals surface area contributed by atoms with Crippen molar-refractivity contribution in [3.05, 3.63) is 59.8 Å². The summed E-state index contributed by atoms with van der Waals surface area (Å²) in [6.45, 7) is -0.341. The van der Waals surface area contributed by atoms with Crippen molar-refractivity contribution in [2.24, 2.45) is 0 Å². The van der Waals surface area contributed by atoms with Gasteiger partial charge in [-0.1, -0.05) is 18.2 Å². The van der Waals surface area contributed by atoms with Gasteiger partial charge in [-0.15, -0.1) is 0 Å². The molecule has 2 atom stereocenters. The quantitative estimate of drug-likeness (QED) is 0.162. The Morgan fingerprint density at radius 1 is 1.06 bits per heavy atom. The normalized spacial score (nSPS) is 15.8. The minimum Gasteiger partial charge on any atom is -0.493 e. The highest BCUT2D eigenvalue weighted by Gasteiger charge is 2.51. The van der Waals surface area contributed by atoms with E-state index < -0.39 is 55.3 Å². The van der Waals surface area contributed by atoms with E-state index in [-0.39, 0.29) is 31.0 Å². The zero-order valence-corrected chi connectivity index (χ0v) is 28.3. The summed E-state index contributed by atoms with van der Waals surface area (Å²) in [5.74, 6) is -5.35. The lowest BCUT2D eigenvalue weighted by Gasteiger charge is -2.27. The van der Waals surface area contributed by atoms with Gasteiger partial charge in [-0.2, -0.15) is 0 Å². The van der Waals surface area contributed by atoms with Crippen LogP contribution in [0.25, 0.3) is 10.9 Å². The summed E-state index contributed by atoms with van der Waals surface area (Å²) >= 11 is 0. The van der Waals surface area contributed by atoms with Crippen LogP contribution in [0.15, 0.2) is 48.7 Å². The molecule has 0 saturated carbocycles. The van der Waals surface area contributed by atoms with Crippen LogP contribution in [0.4, 0.5) is 14.5 Å². The van der Waals surface area contributed by atoms with Crippen molar-refractivity contribution in [2.75, 3.05) is 66.5 Å². The highest BCUT2D eigenvalue weighted by Crippen LogP contribution is 2.34. The van der Waals surface area contributed by atoms with E-state index in [1.54, 1.807) is 36.4 Å². The molecule has 4 rings (SSSR count). The fourth-order valence-corrected chi connectivity index (χ4v) is 5.42. The number of aliphatic hydroxyl groups is 1. The maximum Gasteiger partial charge on any atom is 0.267 e. The number of methoxy groups -OCH3 is 2. The summed E-state index contributed by atoms with van der Waals surface area (Å²) < 4.78 is 45.0. The van der Waals surface area contributed by atoms with Crippen molar-refractivity contribution < 1.29 is 47.3 Å². The number of ether oxygens (including phenoxy) is 3. The molecular weight excluding hydrogens is 658 g/mol. The van der Waals surface area contributed by atoms with Crippen LogP contribution in [0.1, 0.15) is 28.8 Å². The molecule has 270 valence electrons. The number of carbonyl (C=O) groups excluding carboxylic acids is 4. The average molecular weight is 701 g/mol. The number of pyridine rings is 1. The molecule has 50 heavy (non-hydrogen) atoms. The SMILES string of the molecule is COc1ccc(CNC(=O)C(O)[C@@H]2CC(F)(F)CN2C(=O)CNC(=O)c2ccnc3c(NC(=O)CCOCCN(C)C)cccc23)cc1OC. The number of nitrogens with one attached hydrogen (secondary N) is 3. The third kappa shape index (κ3) is 9.83. The van der Waals surface area contributed by atoms with Crippen LogP contribution >= 0.6 is 0 Å². The van der Waals surface area contributed by atoms with Crippen LogP contribution in [-0.2, 0) is 25.7 Å². The summed E-state index contributed by atoms with van der Waals surface area (Å²) in [4.78, 5) is 58.7. The molecule has 0 spiro atoms. The zero-order chi connectivity index (χ0) is 36.4. The Balaban J connectivity index is 1.37. The molecule has 1 aromatic heterocycles. The average Bonchev–Trinajstić information content (AvgIpc) is 3.43. The second kappa shape index (κ2) is 17.1. The number of hydrogen-bond donors (Lipinski definition) is 4. The number of para-hydroxylation sites is 1. The number of likely N-dealkylation sites (N-methyl/N-ethyl adjacent to an activating group) is 1. The summed E-state index contributed by atoms with van der Waals surface area (Å²) in [6, 6.07) is 9.66. The molecule has 1 aliphatic rings. The molecule has 4 amide bonds. The van der Waals surface area contributed by atoms with E-state index >= 15 is 0 Å². The number of amides is 4.